The third-order valence-electron chi connectivity index (χ3n) is 5.20. The smallest absolute Gasteiger partial charge is 0.254 e. The minimum absolute atomic E-state index is 0.0486. The molecule has 27 heavy (non-hydrogen) atoms. The zero-order valence-corrected chi connectivity index (χ0v) is 15.5. The summed E-state index contributed by atoms with van der Waals surface area (Å²) in [4.78, 5) is 17.3. The fourth-order valence-electron chi connectivity index (χ4n) is 3.74. The minimum atomic E-state index is 0.0486. The van der Waals surface area contributed by atoms with Crippen LogP contribution in [-0.2, 0) is 15.9 Å². The van der Waals surface area contributed by atoms with E-state index in [0.717, 1.165) is 44.0 Å². The van der Waals surface area contributed by atoms with Crippen molar-refractivity contribution in [3.05, 3.63) is 65.7 Å². The van der Waals surface area contributed by atoms with Gasteiger partial charge < -0.3 is 19.3 Å². The first-order valence-electron chi connectivity index (χ1n) is 9.67. The SMILES string of the molecule is O=C(c1cccc(N2CCOCC2)c1)N1CCO[C@H](Cc2ccccc2)C1. The van der Waals surface area contributed by atoms with Crippen molar-refractivity contribution in [2.75, 3.05) is 50.9 Å². The summed E-state index contributed by atoms with van der Waals surface area (Å²) in [5.74, 6) is 0.0893. The van der Waals surface area contributed by atoms with Crippen LogP contribution in [0.25, 0.3) is 0 Å². The van der Waals surface area contributed by atoms with Crippen molar-refractivity contribution in [2.24, 2.45) is 0 Å². The van der Waals surface area contributed by atoms with Crippen LogP contribution in [0.5, 0.6) is 0 Å². The predicted molar refractivity (Wildman–Crippen MR) is 105 cm³/mol. The van der Waals surface area contributed by atoms with Crippen molar-refractivity contribution in [3.63, 3.8) is 0 Å². The van der Waals surface area contributed by atoms with Crippen LogP contribution in [0.1, 0.15) is 15.9 Å². The highest BCUT2D eigenvalue weighted by Crippen LogP contribution is 2.20. The van der Waals surface area contributed by atoms with Gasteiger partial charge in [-0.2, -0.15) is 0 Å². The van der Waals surface area contributed by atoms with Gasteiger partial charge in [-0.1, -0.05) is 36.4 Å². The van der Waals surface area contributed by atoms with Gasteiger partial charge in [0.05, 0.1) is 25.9 Å². The molecule has 2 aliphatic heterocycles. The van der Waals surface area contributed by atoms with E-state index >= 15 is 0 Å². The molecule has 4 rings (SSSR count). The molecule has 0 N–H and O–H groups in total. The van der Waals surface area contributed by atoms with Crippen LogP contribution in [0.4, 0.5) is 5.69 Å². The molecule has 0 spiro atoms. The van der Waals surface area contributed by atoms with Gasteiger partial charge in [0.2, 0.25) is 0 Å². The Morgan fingerprint density at radius 3 is 2.59 bits per heavy atom. The third-order valence-corrected chi connectivity index (χ3v) is 5.20. The van der Waals surface area contributed by atoms with Crippen LogP contribution in [0.3, 0.4) is 0 Å². The monoisotopic (exact) mass is 366 g/mol. The van der Waals surface area contributed by atoms with E-state index in [9.17, 15) is 4.79 Å². The molecule has 2 heterocycles. The van der Waals surface area contributed by atoms with Crippen molar-refractivity contribution in [2.45, 2.75) is 12.5 Å². The van der Waals surface area contributed by atoms with Crippen molar-refractivity contribution in [1.29, 1.82) is 0 Å². The lowest BCUT2D eigenvalue weighted by Gasteiger charge is -2.33. The molecule has 1 atom stereocenters. The van der Waals surface area contributed by atoms with Gasteiger partial charge in [0.15, 0.2) is 0 Å². The molecule has 5 heteroatoms. The minimum Gasteiger partial charge on any atom is -0.378 e. The van der Waals surface area contributed by atoms with E-state index in [1.807, 2.05) is 41.3 Å². The number of rotatable bonds is 4. The fraction of sp³-hybridized carbons (Fsp3) is 0.409. The van der Waals surface area contributed by atoms with Crippen molar-refractivity contribution >= 4 is 11.6 Å². The maximum atomic E-state index is 13.1. The molecule has 2 fully saturated rings. The van der Waals surface area contributed by atoms with Crippen LogP contribution < -0.4 is 4.90 Å². The Balaban J connectivity index is 1.42. The number of carbonyl (C=O) groups is 1. The van der Waals surface area contributed by atoms with Gasteiger partial charge in [0.1, 0.15) is 0 Å². The second-order valence-corrected chi connectivity index (χ2v) is 7.08. The van der Waals surface area contributed by atoms with Gasteiger partial charge >= 0.3 is 0 Å². The van der Waals surface area contributed by atoms with E-state index in [0.29, 0.717) is 19.7 Å². The zero-order chi connectivity index (χ0) is 18.5. The van der Waals surface area contributed by atoms with Crippen LogP contribution >= 0.6 is 0 Å². The molecule has 2 aromatic carbocycles. The van der Waals surface area contributed by atoms with Crippen molar-refractivity contribution < 1.29 is 14.3 Å². The van der Waals surface area contributed by atoms with Crippen LogP contribution in [0.15, 0.2) is 54.6 Å². The molecule has 5 nitrogen and oxygen atoms in total. The molecule has 2 aliphatic rings. The van der Waals surface area contributed by atoms with Crippen LogP contribution in [0.2, 0.25) is 0 Å². The molecule has 0 saturated carbocycles. The average Bonchev–Trinajstić information content (AvgIpc) is 2.75. The number of hydrogen-bond acceptors (Lipinski definition) is 4. The fourth-order valence-corrected chi connectivity index (χ4v) is 3.74. The Hall–Kier alpha value is -2.37. The number of hydrogen-bond donors (Lipinski definition) is 0. The maximum Gasteiger partial charge on any atom is 0.254 e. The summed E-state index contributed by atoms with van der Waals surface area (Å²) in [5.41, 5.74) is 3.09. The molecule has 0 unspecified atom stereocenters. The average molecular weight is 366 g/mol. The zero-order valence-electron chi connectivity index (χ0n) is 15.5. The Morgan fingerprint density at radius 2 is 1.78 bits per heavy atom. The highest BCUT2D eigenvalue weighted by Gasteiger charge is 2.25. The predicted octanol–water partition coefficient (Wildman–Crippen LogP) is 2.61. The summed E-state index contributed by atoms with van der Waals surface area (Å²) < 4.78 is 11.3. The summed E-state index contributed by atoms with van der Waals surface area (Å²) in [5, 5.41) is 0. The number of ether oxygens (including phenoxy) is 2. The Labute approximate surface area is 160 Å². The summed E-state index contributed by atoms with van der Waals surface area (Å²) in [6.45, 7) is 5.09. The Morgan fingerprint density at radius 1 is 0.963 bits per heavy atom. The van der Waals surface area contributed by atoms with Gasteiger partial charge in [-0.05, 0) is 23.8 Å². The van der Waals surface area contributed by atoms with Gasteiger partial charge in [0, 0.05) is 43.9 Å². The largest absolute Gasteiger partial charge is 0.378 e. The quantitative estimate of drug-likeness (QED) is 0.834. The number of nitrogens with zero attached hydrogens (tertiary/aromatic N) is 2. The first-order chi connectivity index (χ1) is 13.3. The van der Waals surface area contributed by atoms with Gasteiger partial charge in [-0.25, -0.2) is 0 Å². The molecule has 0 aromatic heterocycles. The molecule has 0 aliphatic carbocycles. The van der Waals surface area contributed by atoms with E-state index in [1.54, 1.807) is 0 Å². The van der Waals surface area contributed by atoms with Gasteiger partial charge in [-0.15, -0.1) is 0 Å². The number of anilines is 1. The Bertz CT molecular complexity index is 759. The molecule has 2 aromatic rings. The van der Waals surface area contributed by atoms with Crippen LogP contribution in [0, 0.1) is 0 Å². The van der Waals surface area contributed by atoms with E-state index < -0.39 is 0 Å². The molecular weight excluding hydrogens is 340 g/mol. The van der Waals surface area contributed by atoms with E-state index in [-0.39, 0.29) is 12.0 Å². The molecule has 0 bridgehead atoms. The normalized spacial score (nSPS) is 20.5. The topological polar surface area (TPSA) is 42.0 Å². The lowest BCUT2D eigenvalue weighted by Crippen LogP contribution is -2.46. The lowest BCUT2D eigenvalue weighted by molar-refractivity contribution is -0.0208. The molecule has 142 valence electrons. The third kappa shape index (κ3) is 4.49. The summed E-state index contributed by atoms with van der Waals surface area (Å²) in [7, 11) is 0. The number of carbonyl (C=O) groups excluding carboxylic acids is 1. The molecular formula is C22H26N2O3. The van der Waals surface area contributed by atoms with Gasteiger partial charge in [0.25, 0.3) is 5.91 Å². The summed E-state index contributed by atoms with van der Waals surface area (Å²) in [6, 6.07) is 18.3. The number of benzene rings is 2. The highest BCUT2D eigenvalue weighted by atomic mass is 16.5. The van der Waals surface area contributed by atoms with E-state index in [1.165, 1.54) is 5.56 Å². The van der Waals surface area contributed by atoms with E-state index in [4.69, 9.17) is 9.47 Å². The summed E-state index contributed by atoms with van der Waals surface area (Å²) in [6.07, 6.45) is 0.880. The summed E-state index contributed by atoms with van der Waals surface area (Å²) >= 11 is 0. The van der Waals surface area contributed by atoms with E-state index in [2.05, 4.69) is 23.1 Å². The number of morpholine rings is 2. The van der Waals surface area contributed by atoms with Crippen molar-refractivity contribution in [3.8, 4) is 0 Å². The number of amides is 1. The molecule has 1 amide bonds. The second-order valence-electron chi connectivity index (χ2n) is 7.08. The standard InChI is InChI=1S/C22H26N2O3/c25-22(19-7-4-8-20(16-19)23-9-12-26-13-10-23)24-11-14-27-21(17-24)15-18-5-2-1-3-6-18/h1-8,16,21H,9-15,17H2/t21-/m1/s1. The first kappa shape index (κ1) is 18.0. The second kappa shape index (κ2) is 8.55. The molecule has 0 radical (unpaired) electrons. The first-order valence-corrected chi connectivity index (χ1v) is 9.67. The molecule has 2 saturated heterocycles. The maximum absolute atomic E-state index is 13.1. The highest BCUT2D eigenvalue weighted by molar-refractivity contribution is 5.95. The Kier molecular flexibility index (Phi) is 5.70. The lowest BCUT2D eigenvalue weighted by atomic mass is 10.1. The van der Waals surface area contributed by atoms with Gasteiger partial charge in [-0.3, -0.25) is 4.79 Å². The van der Waals surface area contributed by atoms with Crippen LogP contribution in [-0.4, -0.2) is 62.9 Å². The van der Waals surface area contributed by atoms with Crippen molar-refractivity contribution in [1.82, 2.24) is 4.90 Å².